The molecule has 0 aliphatic carbocycles. The number of aryl methyl sites for hydroxylation is 1. The molecule has 0 saturated heterocycles. The Hall–Kier alpha value is -3.92. The van der Waals surface area contributed by atoms with Crippen LogP contribution in [0.3, 0.4) is 0 Å². The van der Waals surface area contributed by atoms with E-state index >= 15 is 0 Å². The molecular formula is C30H31NO3. The van der Waals surface area contributed by atoms with E-state index in [1.807, 2.05) is 66.7 Å². The highest BCUT2D eigenvalue weighted by molar-refractivity contribution is 5.48. The Bertz CT molecular complexity index is 1020. The van der Waals surface area contributed by atoms with Crippen LogP contribution in [0.5, 0.6) is 17.2 Å². The van der Waals surface area contributed by atoms with Gasteiger partial charge in [0.15, 0.2) is 0 Å². The van der Waals surface area contributed by atoms with Gasteiger partial charge in [0.1, 0.15) is 30.5 Å². The van der Waals surface area contributed by atoms with Crippen molar-refractivity contribution in [1.82, 2.24) is 0 Å². The first-order valence-electron chi connectivity index (χ1n) is 11.8. The van der Waals surface area contributed by atoms with Crippen LogP contribution in [0.4, 0.5) is 5.69 Å². The fourth-order valence-electron chi connectivity index (χ4n) is 3.59. The second kappa shape index (κ2) is 12.9. The summed E-state index contributed by atoms with van der Waals surface area (Å²) in [5.74, 6) is 2.58. The van der Waals surface area contributed by atoms with Gasteiger partial charge in [0, 0.05) is 18.3 Å². The van der Waals surface area contributed by atoms with E-state index in [0.717, 1.165) is 41.3 Å². The molecule has 0 unspecified atom stereocenters. The molecule has 34 heavy (non-hydrogen) atoms. The van der Waals surface area contributed by atoms with Gasteiger partial charge in [0.25, 0.3) is 0 Å². The molecule has 4 aromatic carbocycles. The average molecular weight is 454 g/mol. The van der Waals surface area contributed by atoms with Crippen molar-refractivity contribution >= 4 is 5.69 Å². The predicted octanol–water partition coefficient (Wildman–Crippen LogP) is 6.77. The third kappa shape index (κ3) is 7.89. The second-order valence-corrected chi connectivity index (χ2v) is 7.98. The highest BCUT2D eigenvalue weighted by Gasteiger charge is 2.01. The van der Waals surface area contributed by atoms with E-state index in [9.17, 15) is 0 Å². The molecule has 4 nitrogen and oxygen atoms in total. The van der Waals surface area contributed by atoms with E-state index in [2.05, 4.69) is 47.8 Å². The van der Waals surface area contributed by atoms with Crippen molar-refractivity contribution in [2.24, 2.45) is 0 Å². The number of para-hydroxylation sites is 1. The third-order valence-electron chi connectivity index (χ3n) is 5.31. The number of anilines is 1. The highest BCUT2D eigenvalue weighted by Crippen LogP contribution is 2.20. The van der Waals surface area contributed by atoms with E-state index in [0.29, 0.717) is 26.4 Å². The van der Waals surface area contributed by atoms with E-state index in [4.69, 9.17) is 14.2 Å². The average Bonchev–Trinajstić information content (AvgIpc) is 2.90. The minimum Gasteiger partial charge on any atom is -0.494 e. The van der Waals surface area contributed by atoms with Crippen molar-refractivity contribution in [3.8, 4) is 17.2 Å². The van der Waals surface area contributed by atoms with Crippen LogP contribution in [-0.2, 0) is 13.0 Å². The molecule has 0 aromatic heterocycles. The van der Waals surface area contributed by atoms with Crippen LogP contribution in [0.15, 0.2) is 109 Å². The van der Waals surface area contributed by atoms with E-state index in [1.54, 1.807) is 0 Å². The molecule has 4 heteroatoms. The summed E-state index contributed by atoms with van der Waals surface area (Å²) in [7, 11) is 0. The van der Waals surface area contributed by atoms with Gasteiger partial charge in [-0.3, -0.25) is 0 Å². The van der Waals surface area contributed by atoms with Crippen molar-refractivity contribution in [2.75, 3.05) is 25.1 Å². The first-order chi connectivity index (χ1) is 16.8. The zero-order valence-electron chi connectivity index (χ0n) is 19.4. The van der Waals surface area contributed by atoms with Gasteiger partial charge in [-0.1, -0.05) is 66.7 Å². The number of ether oxygens (including phenoxy) is 3. The maximum atomic E-state index is 5.95. The standard InChI is InChI=1S/C30H31NO3/c1-3-10-25(11-4-1)13-9-19-32-30-18-8-14-27(23-30)31-24-26-12-7-17-29(22-26)34-21-20-33-28-15-5-2-6-16-28/h1-8,10-12,14-18,22-23,31H,9,13,19-21,24H2. The molecule has 0 radical (unpaired) electrons. The summed E-state index contributed by atoms with van der Waals surface area (Å²) in [6.45, 7) is 2.40. The zero-order valence-corrected chi connectivity index (χ0v) is 19.4. The Morgan fingerprint density at radius 2 is 1.09 bits per heavy atom. The van der Waals surface area contributed by atoms with Gasteiger partial charge in [0.05, 0.1) is 6.61 Å². The van der Waals surface area contributed by atoms with Gasteiger partial charge < -0.3 is 19.5 Å². The minimum absolute atomic E-state index is 0.495. The Morgan fingerprint density at radius 3 is 1.88 bits per heavy atom. The number of benzene rings is 4. The van der Waals surface area contributed by atoms with Crippen molar-refractivity contribution in [1.29, 1.82) is 0 Å². The van der Waals surface area contributed by atoms with Gasteiger partial charge in [-0.05, 0) is 60.4 Å². The monoisotopic (exact) mass is 453 g/mol. The molecule has 0 aliphatic rings. The van der Waals surface area contributed by atoms with Crippen LogP contribution in [-0.4, -0.2) is 19.8 Å². The lowest BCUT2D eigenvalue weighted by atomic mass is 10.1. The van der Waals surface area contributed by atoms with Crippen molar-refractivity contribution in [3.05, 3.63) is 120 Å². The molecular weight excluding hydrogens is 422 g/mol. The van der Waals surface area contributed by atoms with E-state index < -0.39 is 0 Å². The number of nitrogens with one attached hydrogen (secondary N) is 1. The Balaban J connectivity index is 1.18. The Labute approximate surface area is 202 Å². The summed E-state index contributed by atoms with van der Waals surface area (Å²) in [5.41, 5.74) is 3.52. The van der Waals surface area contributed by atoms with Crippen molar-refractivity contribution in [2.45, 2.75) is 19.4 Å². The van der Waals surface area contributed by atoms with Gasteiger partial charge in [-0.25, -0.2) is 0 Å². The lowest BCUT2D eigenvalue weighted by molar-refractivity contribution is 0.217. The lowest BCUT2D eigenvalue weighted by Crippen LogP contribution is -2.09. The van der Waals surface area contributed by atoms with Gasteiger partial charge in [-0.15, -0.1) is 0 Å². The number of hydrogen-bond donors (Lipinski definition) is 1. The molecule has 0 fully saturated rings. The third-order valence-corrected chi connectivity index (χ3v) is 5.31. The molecule has 0 bridgehead atoms. The first-order valence-corrected chi connectivity index (χ1v) is 11.8. The second-order valence-electron chi connectivity index (χ2n) is 7.98. The molecule has 4 rings (SSSR count). The van der Waals surface area contributed by atoms with Crippen LogP contribution >= 0.6 is 0 Å². The summed E-state index contributed by atoms with van der Waals surface area (Å²) in [4.78, 5) is 0. The summed E-state index contributed by atoms with van der Waals surface area (Å²) in [5, 5.41) is 3.47. The highest BCUT2D eigenvalue weighted by atomic mass is 16.5. The maximum Gasteiger partial charge on any atom is 0.122 e. The number of hydrogen-bond acceptors (Lipinski definition) is 4. The summed E-state index contributed by atoms with van der Waals surface area (Å²) in [6.07, 6.45) is 2.01. The van der Waals surface area contributed by atoms with Gasteiger partial charge >= 0.3 is 0 Å². The molecule has 174 valence electrons. The zero-order chi connectivity index (χ0) is 23.3. The largest absolute Gasteiger partial charge is 0.494 e. The molecule has 0 amide bonds. The Kier molecular flexibility index (Phi) is 8.85. The van der Waals surface area contributed by atoms with Crippen LogP contribution in [0.1, 0.15) is 17.5 Å². The van der Waals surface area contributed by atoms with Crippen LogP contribution in [0.25, 0.3) is 0 Å². The smallest absolute Gasteiger partial charge is 0.122 e. The molecule has 0 aliphatic heterocycles. The molecule has 1 N–H and O–H groups in total. The van der Waals surface area contributed by atoms with Crippen molar-refractivity contribution in [3.63, 3.8) is 0 Å². The van der Waals surface area contributed by atoms with E-state index in [1.165, 1.54) is 5.56 Å². The van der Waals surface area contributed by atoms with Gasteiger partial charge in [0.2, 0.25) is 0 Å². The molecule has 0 atom stereocenters. The number of rotatable bonds is 13. The maximum absolute atomic E-state index is 5.95. The van der Waals surface area contributed by atoms with E-state index in [-0.39, 0.29) is 0 Å². The SMILES string of the molecule is c1ccc(CCCOc2cccc(NCc3cccc(OCCOc4ccccc4)c3)c2)cc1. The topological polar surface area (TPSA) is 39.7 Å². The fourth-order valence-corrected chi connectivity index (χ4v) is 3.59. The summed E-state index contributed by atoms with van der Waals surface area (Å²) in [6, 6.07) is 36.5. The minimum atomic E-state index is 0.495. The van der Waals surface area contributed by atoms with Crippen LogP contribution in [0.2, 0.25) is 0 Å². The van der Waals surface area contributed by atoms with Crippen LogP contribution in [0, 0.1) is 0 Å². The first kappa shape index (κ1) is 23.2. The molecule has 0 spiro atoms. The summed E-state index contributed by atoms with van der Waals surface area (Å²) >= 11 is 0. The fraction of sp³-hybridized carbons (Fsp3) is 0.200. The Morgan fingerprint density at radius 1 is 0.500 bits per heavy atom. The lowest BCUT2D eigenvalue weighted by Gasteiger charge is -2.12. The molecule has 0 saturated carbocycles. The van der Waals surface area contributed by atoms with Gasteiger partial charge in [-0.2, -0.15) is 0 Å². The summed E-state index contributed by atoms with van der Waals surface area (Å²) < 4.78 is 17.5. The quantitative estimate of drug-likeness (QED) is 0.227. The molecule has 0 heterocycles. The predicted molar refractivity (Wildman–Crippen MR) is 138 cm³/mol. The van der Waals surface area contributed by atoms with Crippen LogP contribution < -0.4 is 19.5 Å². The molecule has 4 aromatic rings. The van der Waals surface area contributed by atoms with Crippen molar-refractivity contribution < 1.29 is 14.2 Å². The normalized spacial score (nSPS) is 10.5.